The van der Waals surface area contributed by atoms with Crippen molar-refractivity contribution in [1.82, 2.24) is 19.6 Å². The molecule has 0 radical (unpaired) electrons. The lowest BCUT2D eigenvalue weighted by Crippen LogP contribution is -2.35. The van der Waals surface area contributed by atoms with Crippen LogP contribution >= 0.6 is 0 Å². The predicted octanol–water partition coefficient (Wildman–Crippen LogP) is 1.54. The van der Waals surface area contributed by atoms with Crippen LogP contribution in [0.25, 0.3) is 5.52 Å². The summed E-state index contributed by atoms with van der Waals surface area (Å²) in [6.45, 7) is 2.21. The molecule has 5 nitrogen and oxygen atoms in total. The molecule has 0 aliphatic heterocycles. The van der Waals surface area contributed by atoms with Gasteiger partial charge in [0.1, 0.15) is 11.3 Å². The van der Waals surface area contributed by atoms with Crippen LogP contribution in [0.1, 0.15) is 38.4 Å². The van der Waals surface area contributed by atoms with Crippen molar-refractivity contribution in [1.29, 1.82) is 0 Å². The number of aromatic nitrogens is 4. The van der Waals surface area contributed by atoms with Gasteiger partial charge in [-0.2, -0.15) is 0 Å². The first-order valence-corrected chi connectivity index (χ1v) is 5.72. The van der Waals surface area contributed by atoms with Crippen molar-refractivity contribution in [3.05, 3.63) is 18.2 Å². The monoisotopic (exact) mass is 217 g/mol. The molecule has 0 spiro atoms. The van der Waals surface area contributed by atoms with Gasteiger partial charge in [0.15, 0.2) is 0 Å². The van der Waals surface area contributed by atoms with Crippen LogP contribution < -0.4 is 5.73 Å². The first-order chi connectivity index (χ1) is 7.75. The zero-order valence-corrected chi connectivity index (χ0v) is 9.35. The lowest BCUT2D eigenvalue weighted by molar-refractivity contribution is 0.217. The number of nitrogen functional groups attached to an aromatic ring is 1. The molecule has 0 unspecified atom stereocenters. The van der Waals surface area contributed by atoms with Crippen molar-refractivity contribution in [2.45, 2.75) is 38.0 Å². The highest BCUT2D eigenvalue weighted by Crippen LogP contribution is 2.45. The fourth-order valence-corrected chi connectivity index (χ4v) is 2.51. The number of fused-ring (bicyclic) bond motifs is 1. The summed E-state index contributed by atoms with van der Waals surface area (Å²) < 4.78 is 1.85. The highest BCUT2D eigenvalue weighted by molar-refractivity contribution is 5.44. The van der Waals surface area contributed by atoms with Gasteiger partial charge in [0.2, 0.25) is 5.95 Å². The third-order valence-electron chi connectivity index (χ3n) is 3.76. The van der Waals surface area contributed by atoms with Crippen molar-refractivity contribution >= 4 is 11.5 Å². The van der Waals surface area contributed by atoms with Gasteiger partial charge in [0.25, 0.3) is 0 Å². The Morgan fingerprint density at radius 3 is 2.75 bits per heavy atom. The molecule has 5 heteroatoms. The van der Waals surface area contributed by atoms with E-state index in [1.807, 2.05) is 10.7 Å². The summed E-state index contributed by atoms with van der Waals surface area (Å²) >= 11 is 0. The van der Waals surface area contributed by atoms with Gasteiger partial charge in [0, 0.05) is 5.41 Å². The van der Waals surface area contributed by atoms with E-state index in [0.717, 1.165) is 17.8 Å². The van der Waals surface area contributed by atoms with Crippen LogP contribution in [-0.4, -0.2) is 19.6 Å². The Bertz CT molecular complexity index is 521. The van der Waals surface area contributed by atoms with Crippen LogP contribution in [0.4, 0.5) is 5.95 Å². The Morgan fingerprint density at radius 2 is 2.12 bits per heavy atom. The van der Waals surface area contributed by atoms with E-state index in [2.05, 4.69) is 22.0 Å². The van der Waals surface area contributed by atoms with Crippen LogP contribution in [0.2, 0.25) is 0 Å². The Kier molecular flexibility index (Phi) is 1.89. The maximum Gasteiger partial charge on any atom is 0.238 e. The molecule has 2 heterocycles. The zero-order chi connectivity index (χ0) is 11.2. The first-order valence-electron chi connectivity index (χ1n) is 5.72. The second kappa shape index (κ2) is 3.17. The van der Waals surface area contributed by atoms with Gasteiger partial charge in [-0.25, -0.2) is 14.5 Å². The van der Waals surface area contributed by atoms with E-state index < -0.39 is 0 Å². The topological polar surface area (TPSA) is 69.1 Å². The van der Waals surface area contributed by atoms with E-state index in [4.69, 9.17) is 5.73 Å². The molecule has 2 aromatic rings. The Hall–Kier alpha value is -1.65. The van der Waals surface area contributed by atoms with Crippen LogP contribution in [0.3, 0.4) is 0 Å². The third kappa shape index (κ3) is 1.14. The largest absolute Gasteiger partial charge is 0.367 e. The number of imidazole rings is 1. The van der Waals surface area contributed by atoms with Crippen LogP contribution in [0.15, 0.2) is 12.4 Å². The minimum absolute atomic E-state index is 0.215. The predicted molar refractivity (Wildman–Crippen MR) is 61.0 cm³/mol. The van der Waals surface area contributed by atoms with E-state index in [9.17, 15) is 0 Å². The summed E-state index contributed by atoms with van der Waals surface area (Å²) in [6, 6.07) is 0. The van der Waals surface area contributed by atoms with Crippen LogP contribution in [-0.2, 0) is 5.41 Å². The van der Waals surface area contributed by atoms with Gasteiger partial charge in [0.05, 0.1) is 12.4 Å². The maximum absolute atomic E-state index is 5.63. The van der Waals surface area contributed by atoms with Gasteiger partial charge in [-0.1, -0.05) is 13.3 Å². The molecule has 3 rings (SSSR count). The molecule has 0 amide bonds. The lowest BCUT2D eigenvalue weighted by Gasteiger charge is -2.39. The highest BCUT2D eigenvalue weighted by Gasteiger charge is 2.40. The van der Waals surface area contributed by atoms with E-state index in [-0.39, 0.29) is 5.41 Å². The van der Waals surface area contributed by atoms with Gasteiger partial charge in [-0.3, -0.25) is 0 Å². The Morgan fingerprint density at radius 1 is 1.38 bits per heavy atom. The summed E-state index contributed by atoms with van der Waals surface area (Å²) in [7, 11) is 0. The van der Waals surface area contributed by atoms with Gasteiger partial charge >= 0.3 is 0 Å². The van der Waals surface area contributed by atoms with E-state index in [1.54, 1.807) is 6.20 Å². The van der Waals surface area contributed by atoms with Crippen molar-refractivity contribution in [2.24, 2.45) is 0 Å². The molecule has 0 bridgehead atoms. The fourth-order valence-electron chi connectivity index (χ4n) is 2.51. The normalized spacial score (nSPS) is 18.6. The van der Waals surface area contributed by atoms with Gasteiger partial charge in [-0.15, -0.1) is 5.10 Å². The summed E-state index contributed by atoms with van der Waals surface area (Å²) in [5, 5.41) is 4.25. The maximum atomic E-state index is 5.63. The molecule has 1 aliphatic carbocycles. The molecule has 0 aromatic carbocycles. The average Bonchev–Trinajstić information content (AvgIpc) is 2.61. The number of rotatable bonds is 2. The molecule has 0 atom stereocenters. The Balaban J connectivity index is 2.19. The standard InChI is InChI=1S/C11H15N5/c1-2-11(4-3-5-11)9-13-6-8-7-14-10(12)15-16(8)9/h6-7H,2-5H2,1H3,(H2,12,15). The number of nitrogens with zero attached hydrogens (tertiary/aromatic N) is 4. The zero-order valence-electron chi connectivity index (χ0n) is 9.35. The van der Waals surface area contributed by atoms with E-state index in [1.165, 1.54) is 19.3 Å². The Labute approximate surface area is 93.7 Å². The summed E-state index contributed by atoms with van der Waals surface area (Å²) in [6.07, 6.45) is 8.34. The van der Waals surface area contributed by atoms with Crippen molar-refractivity contribution in [3.63, 3.8) is 0 Å². The molecule has 84 valence electrons. The SMILES string of the molecule is CCC1(c2ncc3cnc(N)nn23)CCC1. The average molecular weight is 217 g/mol. The number of hydrogen-bond acceptors (Lipinski definition) is 4. The molecule has 2 N–H and O–H groups in total. The van der Waals surface area contributed by atoms with Gasteiger partial charge in [-0.05, 0) is 19.3 Å². The minimum Gasteiger partial charge on any atom is -0.367 e. The molecular formula is C11H15N5. The highest BCUT2D eigenvalue weighted by atomic mass is 15.3. The summed E-state index contributed by atoms with van der Waals surface area (Å²) in [5.74, 6) is 1.35. The molecule has 1 fully saturated rings. The smallest absolute Gasteiger partial charge is 0.238 e. The number of anilines is 1. The molecular weight excluding hydrogens is 202 g/mol. The van der Waals surface area contributed by atoms with E-state index in [0.29, 0.717) is 5.95 Å². The van der Waals surface area contributed by atoms with Crippen molar-refractivity contribution < 1.29 is 0 Å². The molecule has 1 saturated carbocycles. The lowest BCUT2D eigenvalue weighted by atomic mass is 9.66. The molecule has 16 heavy (non-hydrogen) atoms. The third-order valence-corrected chi connectivity index (χ3v) is 3.76. The van der Waals surface area contributed by atoms with Crippen LogP contribution in [0.5, 0.6) is 0 Å². The van der Waals surface area contributed by atoms with Crippen molar-refractivity contribution in [2.75, 3.05) is 5.73 Å². The van der Waals surface area contributed by atoms with Crippen molar-refractivity contribution in [3.8, 4) is 0 Å². The first kappa shape index (κ1) is 9.57. The molecule has 0 saturated heterocycles. The minimum atomic E-state index is 0.215. The summed E-state index contributed by atoms with van der Waals surface area (Å²) in [4.78, 5) is 8.48. The summed E-state index contributed by atoms with van der Waals surface area (Å²) in [5.41, 5.74) is 6.76. The second-order valence-electron chi connectivity index (χ2n) is 4.52. The van der Waals surface area contributed by atoms with Gasteiger partial charge < -0.3 is 5.73 Å². The molecule has 1 aliphatic rings. The number of nitrogens with two attached hydrogens (primary N) is 1. The quantitative estimate of drug-likeness (QED) is 0.828. The number of hydrogen-bond donors (Lipinski definition) is 1. The fraction of sp³-hybridized carbons (Fsp3) is 0.545. The van der Waals surface area contributed by atoms with E-state index >= 15 is 0 Å². The molecule has 2 aromatic heterocycles. The second-order valence-corrected chi connectivity index (χ2v) is 4.52. The van der Waals surface area contributed by atoms with Crippen LogP contribution in [0, 0.1) is 0 Å².